The average molecular weight is 355 g/mol. The van der Waals surface area contributed by atoms with E-state index < -0.39 is 17.6 Å². The molecule has 0 amide bonds. The number of hydrogen-bond acceptors (Lipinski definition) is 4. The SMILES string of the molecule is Oc1ccc(-c2nc(-c3ccc(F)c(C(F)(F)F)c3)cs2)cc1O. The smallest absolute Gasteiger partial charge is 0.419 e. The van der Waals surface area contributed by atoms with Crippen molar-refractivity contribution < 1.29 is 27.8 Å². The summed E-state index contributed by atoms with van der Waals surface area (Å²) in [6, 6.07) is 6.78. The molecule has 0 aliphatic carbocycles. The quantitative estimate of drug-likeness (QED) is 0.500. The summed E-state index contributed by atoms with van der Waals surface area (Å²) in [5.41, 5.74) is -0.459. The van der Waals surface area contributed by atoms with Crippen molar-refractivity contribution >= 4 is 11.3 Å². The highest BCUT2D eigenvalue weighted by Crippen LogP contribution is 2.37. The van der Waals surface area contributed by atoms with Crippen LogP contribution in [0.4, 0.5) is 17.6 Å². The van der Waals surface area contributed by atoms with E-state index in [1.54, 1.807) is 0 Å². The van der Waals surface area contributed by atoms with E-state index >= 15 is 0 Å². The van der Waals surface area contributed by atoms with Gasteiger partial charge in [0, 0.05) is 16.5 Å². The van der Waals surface area contributed by atoms with Gasteiger partial charge >= 0.3 is 6.18 Å². The Morgan fingerprint density at radius 3 is 2.29 bits per heavy atom. The molecule has 124 valence electrons. The molecule has 0 bridgehead atoms. The molecule has 0 aliphatic rings. The van der Waals surface area contributed by atoms with E-state index in [0.717, 1.165) is 17.4 Å². The number of phenols is 2. The maximum absolute atomic E-state index is 13.3. The maximum atomic E-state index is 13.3. The third-order valence-electron chi connectivity index (χ3n) is 3.29. The first-order valence-corrected chi connectivity index (χ1v) is 7.48. The van der Waals surface area contributed by atoms with Gasteiger partial charge in [-0.25, -0.2) is 9.37 Å². The van der Waals surface area contributed by atoms with Crippen molar-refractivity contribution in [1.82, 2.24) is 4.98 Å². The normalized spacial score (nSPS) is 11.7. The van der Waals surface area contributed by atoms with E-state index in [2.05, 4.69) is 4.98 Å². The number of aromatic nitrogens is 1. The average Bonchev–Trinajstić information content (AvgIpc) is 2.99. The first-order valence-electron chi connectivity index (χ1n) is 6.60. The zero-order valence-corrected chi connectivity index (χ0v) is 12.6. The Morgan fingerprint density at radius 2 is 1.62 bits per heavy atom. The van der Waals surface area contributed by atoms with Crippen LogP contribution in [0.5, 0.6) is 11.5 Å². The van der Waals surface area contributed by atoms with Crippen molar-refractivity contribution in [3.63, 3.8) is 0 Å². The molecule has 3 rings (SSSR count). The summed E-state index contributed by atoms with van der Waals surface area (Å²) in [5, 5.41) is 20.8. The fourth-order valence-corrected chi connectivity index (χ4v) is 2.92. The van der Waals surface area contributed by atoms with E-state index in [1.807, 2.05) is 0 Å². The summed E-state index contributed by atoms with van der Waals surface area (Å²) < 4.78 is 51.7. The molecular weight excluding hydrogens is 346 g/mol. The molecule has 8 heteroatoms. The number of nitrogens with zero attached hydrogens (tertiary/aromatic N) is 1. The summed E-state index contributed by atoms with van der Waals surface area (Å²) in [5.74, 6) is -1.96. The molecule has 0 aliphatic heterocycles. The summed E-state index contributed by atoms with van der Waals surface area (Å²) in [6.07, 6.45) is -4.79. The van der Waals surface area contributed by atoms with Gasteiger partial charge in [0.05, 0.1) is 11.3 Å². The lowest BCUT2D eigenvalue weighted by molar-refractivity contribution is -0.139. The summed E-state index contributed by atoms with van der Waals surface area (Å²) in [7, 11) is 0. The fraction of sp³-hybridized carbons (Fsp3) is 0.0625. The molecule has 0 saturated carbocycles. The Balaban J connectivity index is 2.00. The summed E-state index contributed by atoms with van der Waals surface area (Å²) in [4.78, 5) is 4.21. The molecular formula is C16H9F4NO2S. The van der Waals surface area contributed by atoms with Gasteiger partial charge in [0.15, 0.2) is 11.5 Å². The van der Waals surface area contributed by atoms with Crippen LogP contribution in [0.15, 0.2) is 41.8 Å². The van der Waals surface area contributed by atoms with Crippen LogP contribution in [0.3, 0.4) is 0 Å². The Labute approximate surface area is 137 Å². The Kier molecular flexibility index (Phi) is 3.92. The molecule has 0 saturated heterocycles. The molecule has 3 nitrogen and oxygen atoms in total. The third kappa shape index (κ3) is 3.05. The molecule has 0 radical (unpaired) electrons. The van der Waals surface area contributed by atoms with E-state index in [4.69, 9.17) is 0 Å². The van der Waals surface area contributed by atoms with Crippen molar-refractivity contribution in [1.29, 1.82) is 0 Å². The third-order valence-corrected chi connectivity index (χ3v) is 4.19. The summed E-state index contributed by atoms with van der Waals surface area (Å²) >= 11 is 1.15. The predicted molar refractivity (Wildman–Crippen MR) is 81.3 cm³/mol. The number of thiazole rings is 1. The molecule has 2 aromatic carbocycles. The van der Waals surface area contributed by atoms with Gasteiger partial charge in [0.25, 0.3) is 0 Å². The summed E-state index contributed by atoms with van der Waals surface area (Å²) in [6.45, 7) is 0. The van der Waals surface area contributed by atoms with E-state index in [9.17, 15) is 27.8 Å². The minimum absolute atomic E-state index is 0.134. The van der Waals surface area contributed by atoms with Crippen molar-refractivity contribution in [2.45, 2.75) is 6.18 Å². The van der Waals surface area contributed by atoms with Gasteiger partial charge in [-0.15, -0.1) is 11.3 Å². The number of phenolic OH excluding ortho intramolecular Hbond substituents is 2. The van der Waals surface area contributed by atoms with Crippen molar-refractivity contribution in [3.8, 4) is 33.3 Å². The van der Waals surface area contributed by atoms with Crippen LogP contribution in [0.1, 0.15) is 5.56 Å². The Hall–Kier alpha value is -2.61. The number of benzene rings is 2. The van der Waals surface area contributed by atoms with Crippen LogP contribution < -0.4 is 0 Å². The minimum atomic E-state index is -4.79. The first-order chi connectivity index (χ1) is 11.3. The second-order valence-corrected chi connectivity index (χ2v) is 5.79. The highest BCUT2D eigenvalue weighted by Gasteiger charge is 2.34. The number of rotatable bonds is 2. The van der Waals surface area contributed by atoms with E-state index in [-0.39, 0.29) is 22.8 Å². The van der Waals surface area contributed by atoms with Gasteiger partial charge in [-0.3, -0.25) is 0 Å². The standard InChI is InChI=1S/C16H9F4NO2S/c17-11-3-1-8(5-10(11)16(18,19)20)12-7-24-15(21-12)9-2-4-13(22)14(23)6-9/h1-7,22-23H. The predicted octanol–water partition coefficient (Wildman–Crippen LogP) is 5.05. The Bertz CT molecular complexity index is 905. The van der Waals surface area contributed by atoms with Crippen molar-refractivity contribution in [2.24, 2.45) is 0 Å². The van der Waals surface area contributed by atoms with Gasteiger partial charge in [0.1, 0.15) is 10.8 Å². The Morgan fingerprint density at radius 1 is 0.917 bits per heavy atom. The van der Waals surface area contributed by atoms with Gasteiger partial charge in [0.2, 0.25) is 0 Å². The van der Waals surface area contributed by atoms with Crippen LogP contribution in [0, 0.1) is 5.82 Å². The largest absolute Gasteiger partial charge is 0.504 e. The minimum Gasteiger partial charge on any atom is -0.504 e. The molecule has 0 fully saturated rings. The van der Waals surface area contributed by atoms with Gasteiger partial charge < -0.3 is 10.2 Å². The van der Waals surface area contributed by atoms with Gasteiger partial charge in [-0.2, -0.15) is 13.2 Å². The topological polar surface area (TPSA) is 53.4 Å². The van der Waals surface area contributed by atoms with Crippen LogP contribution >= 0.6 is 11.3 Å². The van der Waals surface area contributed by atoms with Crippen LogP contribution in [0.25, 0.3) is 21.8 Å². The molecule has 0 unspecified atom stereocenters. The highest BCUT2D eigenvalue weighted by atomic mass is 32.1. The number of hydrogen-bond donors (Lipinski definition) is 2. The van der Waals surface area contributed by atoms with Crippen molar-refractivity contribution in [2.75, 3.05) is 0 Å². The maximum Gasteiger partial charge on any atom is 0.419 e. The molecule has 24 heavy (non-hydrogen) atoms. The zero-order valence-electron chi connectivity index (χ0n) is 11.8. The molecule has 1 aromatic heterocycles. The molecule has 2 N–H and O–H groups in total. The monoisotopic (exact) mass is 355 g/mol. The number of alkyl halides is 3. The molecule has 0 spiro atoms. The van der Waals surface area contributed by atoms with Gasteiger partial charge in [-0.1, -0.05) is 0 Å². The van der Waals surface area contributed by atoms with Crippen molar-refractivity contribution in [3.05, 3.63) is 53.2 Å². The molecule has 1 heterocycles. The second-order valence-electron chi connectivity index (χ2n) is 4.93. The molecule has 0 atom stereocenters. The molecule has 3 aromatic rings. The lowest BCUT2D eigenvalue weighted by Crippen LogP contribution is -2.08. The second kappa shape index (κ2) is 5.79. The lowest BCUT2D eigenvalue weighted by Gasteiger charge is -2.09. The number of aromatic hydroxyl groups is 2. The van der Waals surface area contributed by atoms with Gasteiger partial charge in [-0.05, 0) is 36.4 Å². The van der Waals surface area contributed by atoms with Crippen LogP contribution in [0.2, 0.25) is 0 Å². The van der Waals surface area contributed by atoms with Crippen LogP contribution in [-0.2, 0) is 6.18 Å². The first kappa shape index (κ1) is 16.3. The fourth-order valence-electron chi connectivity index (χ4n) is 2.10. The lowest BCUT2D eigenvalue weighted by atomic mass is 10.1. The number of halogens is 4. The van der Waals surface area contributed by atoms with E-state index in [0.29, 0.717) is 16.6 Å². The van der Waals surface area contributed by atoms with Crippen LogP contribution in [-0.4, -0.2) is 15.2 Å². The highest BCUT2D eigenvalue weighted by molar-refractivity contribution is 7.13. The zero-order chi connectivity index (χ0) is 17.5. The van der Waals surface area contributed by atoms with E-state index in [1.165, 1.54) is 29.6 Å².